The van der Waals surface area contributed by atoms with Gasteiger partial charge in [-0.3, -0.25) is 4.98 Å². The van der Waals surface area contributed by atoms with Gasteiger partial charge in [0.05, 0.1) is 5.69 Å². The summed E-state index contributed by atoms with van der Waals surface area (Å²) in [4.78, 5) is 4.44. The van der Waals surface area contributed by atoms with Crippen LogP contribution in [0.25, 0.3) is 11.3 Å². The molecule has 2 heteroatoms. The molecule has 2 aromatic rings. The molecule has 0 aliphatic heterocycles. The van der Waals surface area contributed by atoms with Crippen molar-refractivity contribution in [3.05, 3.63) is 52.1 Å². The van der Waals surface area contributed by atoms with Crippen molar-refractivity contribution < 1.29 is 0 Å². The summed E-state index contributed by atoms with van der Waals surface area (Å²) in [6.07, 6.45) is 1.92. The lowest BCUT2D eigenvalue weighted by Crippen LogP contribution is -1.88. The molecule has 0 aliphatic rings. The first-order chi connectivity index (χ1) is 7.18. The molecule has 0 saturated heterocycles. The Hall–Kier alpha value is -1.15. The Labute approximate surface area is 98.3 Å². The third-order valence-corrected chi connectivity index (χ3v) is 3.21. The zero-order chi connectivity index (χ0) is 10.8. The Morgan fingerprint density at radius 1 is 1.07 bits per heavy atom. The van der Waals surface area contributed by atoms with Crippen molar-refractivity contribution in [2.24, 2.45) is 0 Å². The topological polar surface area (TPSA) is 12.9 Å². The first kappa shape index (κ1) is 10.4. The lowest BCUT2D eigenvalue weighted by Gasteiger charge is -2.06. The van der Waals surface area contributed by atoms with Gasteiger partial charge in [-0.15, -0.1) is 0 Å². The average molecular weight is 262 g/mol. The molecule has 0 radical (unpaired) electrons. The van der Waals surface area contributed by atoms with Gasteiger partial charge >= 0.3 is 0 Å². The standard InChI is InChI=1S/C13H12BrN/c1-9-7-13(15-8-10(9)2)11-5-3-4-6-12(11)14/h3-8H,1-2H3. The normalized spacial score (nSPS) is 10.3. The van der Waals surface area contributed by atoms with E-state index < -0.39 is 0 Å². The van der Waals surface area contributed by atoms with Crippen molar-refractivity contribution >= 4 is 15.9 Å². The molecule has 15 heavy (non-hydrogen) atoms. The third-order valence-electron chi connectivity index (χ3n) is 2.52. The van der Waals surface area contributed by atoms with Gasteiger partial charge in [0.25, 0.3) is 0 Å². The summed E-state index contributed by atoms with van der Waals surface area (Å²) >= 11 is 3.54. The number of hydrogen-bond donors (Lipinski definition) is 0. The molecule has 0 fully saturated rings. The molecule has 1 nitrogen and oxygen atoms in total. The van der Waals surface area contributed by atoms with Crippen molar-refractivity contribution in [1.29, 1.82) is 0 Å². The van der Waals surface area contributed by atoms with Crippen LogP contribution in [0.2, 0.25) is 0 Å². The number of hydrogen-bond acceptors (Lipinski definition) is 1. The maximum atomic E-state index is 4.44. The largest absolute Gasteiger partial charge is 0.256 e. The molecule has 1 aromatic carbocycles. The van der Waals surface area contributed by atoms with E-state index in [4.69, 9.17) is 0 Å². The van der Waals surface area contributed by atoms with Gasteiger partial charge in [-0.2, -0.15) is 0 Å². The van der Waals surface area contributed by atoms with Crippen LogP contribution >= 0.6 is 15.9 Å². The fraction of sp³-hybridized carbons (Fsp3) is 0.154. The molecule has 0 spiro atoms. The van der Waals surface area contributed by atoms with Gasteiger partial charge < -0.3 is 0 Å². The molecule has 0 amide bonds. The Bertz CT molecular complexity index is 492. The number of aromatic nitrogens is 1. The smallest absolute Gasteiger partial charge is 0.0716 e. The highest BCUT2D eigenvalue weighted by molar-refractivity contribution is 9.10. The minimum atomic E-state index is 1.02. The molecule has 0 N–H and O–H groups in total. The van der Waals surface area contributed by atoms with E-state index in [-0.39, 0.29) is 0 Å². The average Bonchev–Trinajstić information content (AvgIpc) is 2.23. The zero-order valence-electron chi connectivity index (χ0n) is 8.79. The summed E-state index contributed by atoms with van der Waals surface area (Å²) in [6.45, 7) is 4.18. The van der Waals surface area contributed by atoms with E-state index in [1.54, 1.807) is 0 Å². The molecule has 0 saturated carbocycles. The maximum Gasteiger partial charge on any atom is 0.0716 e. The summed E-state index contributed by atoms with van der Waals surface area (Å²) in [5, 5.41) is 0. The molecule has 0 bridgehead atoms. The maximum absolute atomic E-state index is 4.44. The van der Waals surface area contributed by atoms with E-state index >= 15 is 0 Å². The Morgan fingerprint density at radius 2 is 1.80 bits per heavy atom. The van der Waals surface area contributed by atoms with Crippen LogP contribution in [0.15, 0.2) is 41.0 Å². The van der Waals surface area contributed by atoms with E-state index in [9.17, 15) is 0 Å². The van der Waals surface area contributed by atoms with Crippen molar-refractivity contribution in [2.45, 2.75) is 13.8 Å². The van der Waals surface area contributed by atoms with Crippen LogP contribution in [0.1, 0.15) is 11.1 Å². The molecule has 0 aliphatic carbocycles. The predicted molar refractivity (Wildman–Crippen MR) is 66.8 cm³/mol. The fourth-order valence-electron chi connectivity index (χ4n) is 1.44. The van der Waals surface area contributed by atoms with Gasteiger partial charge in [0, 0.05) is 16.2 Å². The highest BCUT2D eigenvalue weighted by atomic mass is 79.9. The molecular formula is C13H12BrN. The van der Waals surface area contributed by atoms with Crippen LogP contribution in [-0.2, 0) is 0 Å². The Balaban J connectivity index is 2.55. The zero-order valence-corrected chi connectivity index (χ0v) is 10.4. The second kappa shape index (κ2) is 4.15. The predicted octanol–water partition coefficient (Wildman–Crippen LogP) is 4.13. The number of nitrogens with zero attached hydrogens (tertiary/aromatic N) is 1. The Kier molecular flexibility index (Phi) is 2.87. The summed E-state index contributed by atoms with van der Waals surface area (Å²) in [5.41, 5.74) is 4.66. The molecule has 2 rings (SSSR count). The number of benzene rings is 1. The fourth-order valence-corrected chi connectivity index (χ4v) is 1.93. The molecule has 1 heterocycles. The summed E-state index contributed by atoms with van der Waals surface area (Å²) in [6, 6.07) is 10.3. The summed E-state index contributed by atoms with van der Waals surface area (Å²) in [7, 11) is 0. The second-order valence-corrected chi connectivity index (χ2v) is 4.49. The summed E-state index contributed by atoms with van der Waals surface area (Å²) < 4.78 is 1.08. The second-order valence-electron chi connectivity index (χ2n) is 3.63. The van der Waals surface area contributed by atoms with Crippen LogP contribution in [0.5, 0.6) is 0 Å². The van der Waals surface area contributed by atoms with E-state index in [2.05, 4.69) is 46.9 Å². The quantitative estimate of drug-likeness (QED) is 0.753. The van der Waals surface area contributed by atoms with Gasteiger partial charge in [-0.05, 0) is 37.1 Å². The van der Waals surface area contributed by atoms with Crippen molar-refractivity contribution in [3.8, 4) is 11.3 Å². The molecule has 0 unspecified atom stereocenters. The first-order valence-electron chi connectivity index (χ1n) is 4.86. The molecular weight excluding hydrogens is 250 g/mol. The van der Waals surface area contributed by atoms with Crippen LogP contribution in [0.3, 0.4) is 0 Å². The number of pyridine rings is 1. The van der Waals surface area contributed by atoms with Crippen molar-refractivity contribution in [2.75, 3.05) is 0 Å². The highest BCUT2D eigenvalue weighted by Gasteiger charge is 2.04. The van der Waals surface area contributed by atoms with E-state index in [1.807, 2.05) is 24.4 Å². The molecule has 76 valence electrons. The van der Waals surface area contributed by atoms with Gasteiger partial charge in [-0.25, -0.2) is 0 Å². The number of aryl methyl sites for hydroxylation is 2. The van der Waals surface area contributed by atoms with Crippen molar-refractivity contribution in [1.82, 2.24) is 4.98 Å². The summed E-state index contributed by atoms with van der Waals surface area (Å²) in [5.74, 6) is 0. The lowest BCUT2D eigenvalue weighted by molar-refractivity contribution is 1.22. The van der Waals surface area contributed by atoms with Crippen LogP contribution in [-0.4, -0.2) is 4.98 Å². The van der Waals surface area contributed by atoms with E-state index in [1.165, 1.54) is 11.1 Å². The third kappa shape index (κ3) is 2.10. The molecule has 1 aromatic heterocycles. The SMILES string of the molecule is Cc1cnc(-c2ccccc2Br)cc1C. The van der Waals surface area contributed by atoms with Crippen LogP contribution in [0.4, 0.5) is 0 Å². The van der Waals surface area contributed by atoms with Crippen LogP contribution in [0, 0.1) is 13.8 Å². The number of halogens is 1. The molecule has 0 atom stereocenters. The van der Waals surface area contributed by atoms with E-state index in [0.717, 1.165) is 15.7 Å². The van der Waals surface area contributed by atoms with Crippen molar-refractivity contribution in [3.63, 3.8) is 0 Å². The number of rotatable bonds is 1. The minimum absolute atomic E-state index is 1.02. The Morgan fingerprint density at radius 3 is 2.47 bits per heavy atom. The van der Waals surface area contributed by atoms with Gasteiger partial charge in [-0.1, -0.05) is 34.1 Å². The first-order valence-corrected chi connectivity index (χ1v) is 5.66. The van der Waals surface area contributed by atoms with E-state index in [0.29, 0.717) is 0 Å². The van der Waals surface area contributed by atoms with Crippen LogP contribution < -0.4 is 0 Å². The lowest BCUT2D eigenvalue weighted by atomic mass is 10.1. The van der Waals surface area contributed by atoms with Gasteiger partial charge in [0.15, 0.2) is 0 Å². The monoisotopic (exact) mass is 261 g/mol. The highest BCUT2D eigenvalue weighted by Crippen LogP contribution is 2.27. The minimum Gasteiger partial charge on any atom is -0.256 e. The van der Waals surface area contributed by atoms with Gasteiger partial charge in [0.2, 0.25) is 0 Å². The van der Waals surface area contributed by atoms with Gasteiger partial charge in [0.1, 0.15) is 0 Å².